The van der Waals surface area contributed by atoms with Crippen LogP contribution in [0.5, 0.6) is 0 Å². The van der Waals surface area contributed by atoms with Gasteiger partial charge in [0.1, 0.15) is 0 Å². The molecule has 0 aliphatic heterocycles. The van der Waals surface area contributed by atoms with Crippen molar-refractivity contribution in [1.29, 1.82) is 0 Å². The van der Waals surface area contributed by atoms with E-state index in [2.05, 4.69) is 0 Å². The summed E-state index contributed by atoms with van der Waals surface area (Å²) in [6.45, 7) is 0. The highest BCUT2D eigenvalue weighted by Crippen LogP contribution is 2.45. The van der Waals surface area contributed by atoms with Crippen molar-refractivity contribution in [3.05, 3.63) is 56.6 Å². The minimum Gasteiger partial charge on any atom is -0.258 e. The highest BCUT2D eigenvalue weighted by atomic mass is 35.5. The number of benzene rings is 1. The monoisotopic (exact) mass is 341 g/mol. The van der Waals surface area contributed by atoms with Crippen molar-refractivity contribution in [3.8, 4) is 0 Å². The van der Waals surface area contributed by atoms with Gasteiger partial charge in [0, 0.05) is 6.07 Å². The Bertz CT molecular complexity index is 664. The second-order valence-corrected chi connectivity index (χ2v) is 3.95. The van der Waals surface area contributed by atoms with Crippen LogP contribution in [0.15, 0.2) is 6.07 Å². The standard InChI is InChI=1S/C6HCl2N5O8/c7-2-1-3(10(14)15)6(11(16)17)4(8)5(2)9(12(18)19)13(20)21/h1H. The summed E-state index contributed by atoms with van der Waals surface area (Å²) in [5, 5.41) is 36.7. The lowest BCUT2D eigenvalue weighted by atomic mass is 10.2. The fraction of sp³-hybridized carbons (Fsp3) is 0. The van der Waals surface area contributed by atoms with E-state index in [0.717, 1.165) is 0 Å². The van der Waals surface area contributed by atoms with Gasteiger partial charge < -0.3 is 0 Å². The summed E-state index contributed by atoms with van der Waals surface area (Å²) in [7, 11) is 0. The molecule has 0 saturated carbocycles. The molecule has 0 N–H and O–H groups in total. The SMILES string of the molecule is O=[N+]([O-])c1cc(Cl)c(N([N+](=O)[O-])[N+](=O)[O-])c(Cl)c1[N+](=O)[O-]. The first-order valence-electron chi connectivity index (χ1n) is 4.49. The number of rotatable bonds is 5. The van der Waals surface area contributed by atoms with Gasteiger partial charge in [-0.05, 0) is 0 Å². The Morgan fingerprint density at radius 1 is 0.905 bits per heavy atom. The highest BCUT2D eigenvalue weighted by molar-refractivity contribution is 6.41. The van der Waals surface area contributed by atoms with Gasteiger partial charge in [-0.1, -0.05) is 23.2 Å². The Morgan fingerprint density at radius 3 is 1.71 bits per heavy atom. The largest absolute Gasteiger partial charge is 0.367 e. The molecule has 1 aromatic carbocycles. The first kappa shape index (κ1) is 16.3. The molecule has 0 unspecified atom stereocenters. The van der Waals surface area contributed by atoms with Gasteiger partial charge in [-0.3, -0.25) is 20.2 Å². The predicted octanol–water partition coefficient (Wildman–Crippen LogP) is 2.00. The van der Waals surface area contributed by atoms with Crippen molar-refractivity contribution in [3.63, 3.8) is 0 Å². The van der Waals surface area contributed by atoms with Crippen LogP contribution in [0.4, 0.5) is 17.1 Å². The fourth-order valence-corrected chi connectivity index (χ4v) is 1.97. The molecule has 15 heteroatoms. The summed E-state index contributed by atoms with van der Waals surface area (Å²) < 4.78 is 0. The Hall–Kier alpha value is -2.80. The van der Waals surface area contributed by atoms with E-state index in [4.69, 9.17) is 23.2 Å². The molecule has 0 radical (unpaired) electrons. The second kappa shape index (κ2) is 5.68. The lowest BCUT2D eigenvalue weighted by Gasteiger charge is -2.07. The molecule has 0 fully saturated rings. The molecular formula is C6HCl2N5O8. The zero-order chi connectivity index (χ0) is 16.5. The van der Waals surface area contributed by atoms with Gasteiger partial charge in [0.05, 0.1) is 14.9 Å². The van der Waals surface area contributed by atoms with Crippen molar-refractivity contribution in [2.75, 3.05) is 5.12 Å². The molecule has 21 heavy (non-hydrogen) atoms. The number of hydrogen-bond donors (Lipinski definition) is 0. The Kier molecular flexibility index (Phi) is 4.39. The molecule has 1 rings (SSSR count). The maximum atomic E-state index is 10.8. The average molecular weight is 342 g/mol. The first-order chi connectivity index (χ1) is 9.59. The number of nitro benzene ring substituents is 2. The maximum absolute atomic E-state index is 10.8. The summed E-state index contributed by atoms with van der Waals surface area (Å²) in [4.78, 5) is 40.2. The smallest absolute Gasteiger partial charge is 0.258 e. The lowest BCUT2D eigenvalue weighted by Crippen LogP contribution is -2.36. The molecule has 112 valence electrons. The summed E-state index contributed by atoms with van der Waals surface area (Å²) >= 11 is 10.9. The van der Waals surface area contributed by atoms with E-state index in [1.165, 1.54) is 0 Å². The highest BCUT2D eigenvalue weighted by Gasteiger charge is 2.42. The lowest BCUT2D eigenvalue weighted by molar-refractivity contribution is -0.711. The number of halogens is 2. The van der Waals surface area contributed by atoms with E-state index in [-0.39, 0.29) is 0 Å². The summed E-state index contributed by atoms with van der Waals surface area (Å²) in [6, 6.07) is 0.362. The van der Waals surface area contributed by atoms with Gasteiger partial charge in [0.25, 0.3) is 0 Å². The van der Waals surface area contributed by atoms with Crippen molar-refractivity contribution >= 4 is 40.3 Å². The number of nitro groups is 4. The van der Waals surface area contributed by atoms with Gasteiger partial charge in [0.15, 0.2) is 5.02 Å². The Labute approximate surface area is 122 Å². The molecule has 0 atom stereocenters. The van der Waals surface area contributed by atoms with Crippen molar-refractivity contribution in [1.82, 2.24) is 0 Å². The second-order valence-electron chi connectivity index (χ2n) is 3.17. The van der Waals surface area contributed by atoms with Crippen LogP contribution in [-0.4, -0.2) is 19.9 Å². The van der Waals surface area contributed by atoms with Crippen LogP contribution in [0.25, 0.3) is 0 Å². The zero-order valence-corrected chi connectivity index (χ0v) is 10.8. The van der Waals surface area contributed by atoms with Gasteiger partial charge in [-0.25, -0.2) is 20.2 Å². The van der Waals surface area contributed by atoms with E-state index in [0.29, 0.717) is 6.07 Å². The molecule has 0 aromatic heterocycles. The van der Waals surface area contributed by atoms with Crippen LogP contribution in [0.1, 0.15) is 0 Å². The number of anilines is 1. The number of hydrogen-bond acceptors (Lipinski definition) is 8. The molecule has 0 amide bonds. The van der Waals surface area contributed by atoms with E-state index in [1.54, 1.807) is 0 Å². The molecular weight excluding hydrogens is 341 g/mol. The van der Waals surface area contributed by atoms with Crippen molar-refractivity contribution in [2.24, 2.45) is 0 Å². The Morgan fingerprint density at radius 2 is 1.38 bits per heavy atom. The fourth-order valence-electron chi connectivity index (χ4n) is 1.31. The van der Waals surface area contributed by atoms with Gasteiger partial charge in [-0.2, -0.15) is 0 Å². The molecule has 13 nitrogen and oxygen atoms in total. The quantitative estimate of drug-likeness (QED) is 0.572. The minimum absolute atomic E-state index is 0.362. The minimum atomic E-state index is -1.55. The van der Waals surface area contributed by atoms with E-state index >= 15 is 0 Å². The van der Waals surface area contributed by atoms with Crippen LogP contribution < -0.4 is 5.12 Å². The van der Waals surface area contributed by atoms with Gasteiger partial charge in [0.2, 0.25) is 20.9 Å². The molecule has 0 aliphatic carbocycles. The normalized spacial score (nSPS) is 10.0. The van der Waals surface area contributed by atoms with Crippen LogP contribution in [0.2, 0.25) is 10.0 Å². The van der Waals surface area contributed by atoms with Crippen LogP contribution in [0, 0.1) is 40.5 Å². The summed E-state index contributed by atoms with van der Waals surface area (Å²) in [5.41, 5.74) is -3.68. The van der Waals surface area contributed by atoms with Crippen LogP contribution in [0.3, 0.4) is 0 Å². The Balaban J connectivity index is 3.81. The first-order valence-corrected chi connectivity index (χ1v) is 5.24. The molecule has 0 bridgehead atoms. The van der Waals surface area contributed by atoms with E-state index in [9.17, 15) is 40.5 Å². The van der Waals surface area contributed by atoms with Crippen molar-refractivity contribution < 1.29 is 19.9 Å². The number of nitrogens with zero attached hydrogens (tertiary/aromatic N) is 5. The molecule has 1 aromatic rings. The third kappa shape index (κ3) is 2.87. The third-order valence-corrected chi connectivity index (χ3v) is 2.68. The van der Waals surface area contributed by atoms with Crippen LogP contribution >= 0.6 is 23.2 Å². The van der Waals surface area contributed by atoms with E-state index in [1.807, 2.05) is 0 Å². The predicted molar refractivity (Wildman–Crippen MR) is 66.2 cm³/mol. The van der Waals surface area contributed by atoms with Gasteiger partial charge >= 0.3 is 11.4 Å². The number of hydrazine groups is 2. The van der Waals surface area contributed by atoms with Crippen LogP contribution in [-0.2, 0) is 0 Å². The van der Waals surface area contributed by atoms with Crippen molar-refractivity contribution in [2.45, 2.75) is 0 Å². The van der Waals surface area contributed by atoms with E-state index < -0.39 is 52.1 Å². The van der Waals surface area contributed by atoms with Gasteiger partial charge in [-0.15, -0.1) is 0 Å². The maximum Gasteiger partial charge on any atom is 0.367 e. The molecule has 0 aliphatic rings. The summed E-state index contributed by atoms with van der Waals surface area (Å²) in [5.74, 6) is 0. The topological polar surface area (TPSA) is 176 Å². The third-order valence-electron chi connectivity index (χ3n) is 2.04. The zero-order valence-electron chi connectivity index (χ0n) is 9.34. The average Bonchev–Trinajstić information content (AvgIpc) is 2.31. The molecule has 0 spiro atoms. The molecule has 0 saturated heterocycles. The molecule has 0 heterocycles. The summed E-state index contributed by atoms with van der Waals surface area (Å²) in [6.07, 6.45) is 0.